The molecule has 1 atom stereocenters. The molecule has 1 amide bonds. The summed E-state index contributed by atoms with van der Waals surface area (Å²) < 4.78 is 1.00. The average Bonchev–Trinajstić information content (AvgIpc) is 2.93. The average molecular weight is 409 g/mol. The van der Waals surface area contributed by atoms with Gasteiger partial charge in [0.1, 0.15) is 5.04 Å². The first-order valence-corrected chi connectivity index (χ1v) is 9.99. The van der Waals surface area contributed by atoms with Gasteiger partial charge in [0.05, 0.1) is 0 Å². The number of rotatable bonds is 2. The highest BCUT2D eigenvalue weighted by Gasteiger charge is 2.45. The van der Waals surface area contributed by atoms with Gasteiger partial charge in [-0.2, -0.15) is 0 Å². The molecule has 0 spiro atoms. The van der Waals surface area contributed by atoms with Crippen LogP contribution in [0.2, 0.25) is 0 Å². The molecule has 0 saturated carbocycles. The van der Waals surface area contributed by atoms with Crippen molar-refractivity contribution in [2.24, 2.45) is 21.6 Å². The van der Waals surface area contributed by atoms with E-state index >= 15 is 0 Å². The molecule has 1 aromatic carbocycles. The second kappa shape index (κ2) is 6.88. The Bertz CT molecular complexity index is 712. The SMILES string of the molecule is CSC1=NC(c2cccc(Br)c2)(C2CCN(C(C)=O)CC2)N=C1N. The van der Waals surface area contributed by atoms with Gasteiger partial charge >= 0.3 is 0 Å². The van der Waals surface area contributed by atoms with Crippen LogP contribution in [0.1, 0.15) is 25.3 Å². The lowest BCUT2D eigenvalue weighted by Gasteiger charge is -2.39. The molecular weight excluding hydrogens is 388 g/mol. The predicted octanol–water partition coefficient (Wildman–Crippen LogP) is 2.99. The fourth-order valence-electron chi connectivity index (χ4n) is 3.48. The molecule has 7 heteroatoms. The minimum Gasteiger partial charge on any atom is -0.382 e. The second-order valence-electron chi connectivity index (χ2n) is 6.13. The first-order chi connectivity index (χ1) is 11.5. The molecule has 1 unspecified atom stereocenters. The third-order valence-electron chi connectivity index (χ3n) is 4.73. The molecule has 2 heterocycles. The van der Waals surface area contributed by atoms with E-state index in [4.69, 9.17) is 15.7 Å². The minimum atomic E-state index is -0.672. The van der Waals surface area contributed by atoms with Crippen LogP contribution in [0, 0.1) is 5.92 Å². The number of aliphatic imine (C=N–C) groups is 2. The zero-order chi connectivity index (χ0) is 17.3. The van der Waals surface area contributed by atoms with Gasteiger partial charge < -0.3 is 10.6 Å². The number of carbonyl (C=O) groups is 1. The molecule has 2 N–H and O–H groups in total. The molecule has 5 nitrogen and oxygen atoms in total. The van der Waals surface area contributed by atoms with Gasteiger partial charge in [-0.05, 0) is 31.2 Å². The summed E-state index contributed by atoms with van der Waals surface area (Å²) in [5, 5.41) is 0.795. The first kappa shape index (κ1) is 17.5. The fourth-order valence-corrected chi connectivity index (χ4v) is 4.36. The number of likely N-dealkylation sites (tertiary alicyclic amines) is 1. The third kappa shape index (κ3) is 3.11. The summed E-state index contributed by atoms with van der Waals surface area (Å²) in [7, 11) is 0. The molecule has 1 saturated heterocycles. The van der Waals surface area contributed by atoms with Crippen molar-refractivity contribution in [1.82, 2.24) is 4.90 Å². The number of carbonyl (C=O) groups excluding carboxylic acids is 1. The molecule has 2 aliphatic rings. The largest absolute Gasteiger partial charge is 0.382 e. The van der Waals surface area contributed by atoms with E-state index in [1.165, 1.54) is 11.8 Å². The number of nitrogens with zero attached hydrogens (tertiary/aromatic N) is 3. The van der Waals surface area contributed by atoms with Gasteiger partial charge in [0.25, 0.3) is 0 Å². The summed E-state index contributed by atoms with van der Waals surface area (Å²) in [5.74, 6) is 0.870. The Balaban J connectivity index is 1.99. The first-order valence-electron chi connectivity index (χ1n) is 7.97. The van der Waals surface area contributed by atoms with Gasteiger partial charge in [0.2, 0.25) is 5.91 Å². The maximum atomic E-state index is 11.6. The van der Waals surface area contributed by atoms with E-state index in [0.29, 0.717) is 5.84 Å². The fraction of sp³-hybridized carbons (Fsp3) is 0.471. The van der Waals surface area contributed by atoms with Crippen LogP contribution in [0.5, 0.6) is 0 Å². The van der Waals surface area contributed by atoms with Gasteiger partial charge in [-0.3, -0.25) is 4.79 Å². The number of amides is 1. The van der Waals surface area contributed by atoms with Crippen molar-refractivity contribution < 1.29 is 4.79 Å². The van der Waals surface area contributed by atoms with Crippen molar-refractivity contribution in [3.05, 3.63) is 34.3 Å². The number of piperidine rings is 1. The molecule has 3 rings (SSSR count). The number of hydrogen-bond donors (Lipinski definition) is 1. The van der Waals surface area contributed by atoms with E-state index in [9.17, 15) is 4.79 Å². The van der Waals surface area contributed by atoms with Crippen LogP contribution in [0.4, 0.5) is 0 Å². The molecule has 0 aliphatic carbocycles. The summed E-state index contributed by atoms with van der Waals surface area (Å²) >= 11 is 5.08. The van der Waals surface area contributed by atoms with Crippen molar-refractivity contribution in [3.63, 3.8) is 0 Å². The quantitative estimate of drug-likeness (QED) is 0.817. The topological polar surface area (TPSA) is 71.0 Å². The smallest absolute Gasteiger partial charge is 0.219 e. The molecule has 128 valence electrons. The van der Waals surface area contributed by atoms with E-state index < -0.39 is 5.66 Å². The predicted molar refractivity (Wildman–Crippen MR) is 103 cm³/mol. The standard InChI is InChI=1S/C17H21BrN4OS/c1-11(23)22-8-6-12(7-9-22)17(13-4-3-5-14(18)10-13)20-15(19)16(21-17)24-2/h3-5,10,12H,6-9H2,1-2H3,(H2,19,20). The summed E-state index contributed by atoms with van der Waals surface area (Å²) in [6.07, 6.45) is 3.71. The van der Waals surface area contributed by atoms with E-state index in [2.05, 4.69) is 28.1 Å². The number of amidine groups is 1. The maximum Gasteiger partial charge on any atom is 0.219 e. The lowest BCUT2D eigenvalue weighted by molar-refractivity contribution is -0.130. The van der Waals surface area contributed by atoms with Crippen LogP contribution in [0.3, 0.4) is 0 Å². The Hall–Kier alpha value is -1.34. The van der Waals surface area contributed by atoms with E-state index in [0.717, 1.165) is 41.0 Å². The Morgan fingerprint density at radius 1 is 1.38 bits per heavy atom. The zero-order valence-corrected chi connectivity index (χ0v) is 16.2. The molecule has 24 heavy (non-hydrogen) atoms. The lowest BCUT2D eigenvalue weighted by Crippen LogP contribution is -2.43. The van der Waals surface area contributed by atoms with E-state index in [-0.39, 0.29) is 11.8 Å². The molecule has 1 fully saturated rings. The zero-order valence-electron chi connectivity index (χ0n) is 13.8. The monoisotopic (exact) mass is 408 g/mol. The summed E-state index contributed by atoms with van der Waals surface area (Å²) in [4.78, 5) is 23.3. The van der Waals surface area contributed by atoms with Crippen molar-refractivity contribution in [1.29, 1.82) is 0 Å². The number of thioether (sulfide) groups is 1. The normalized spacial score (nSPS) is 24.7. The Morgan fingerprint density at radius 2 is 2.08 bits per heavy atom. The molecule has 0 aromatic heterocycles. The Kier molecular flexibility index (Phi) is 5.01. The molecule has 0 radical (unpaired) electrons. The highest BCUT2D eigenvalue weighted by atomic mass is 79.9. The van der Waals surface area contributed by atoms with E-state index in [1.807, 2.05) is 23.3 Å². The van der Waals surface area contributed by atoms with Gasteiger partial charge in [-0.25, -0.2) is 9.98 Å². The van der Waals surface area contributed by atoms with Crippen LogP contribution in [0.15, 0.2) is 38.7 Å². The minimum absolute atomic E-state index is 0.132. The number of hydrogen-bond acceptors (Lipinski definition) is 5. The van der Waals surface area contributed by atoms with Gasteiger partial charge in [0.15, 0.2) is 11.5 Å². The van der Waals surface area contributed by atoms with Crippen LogP contribution < -0.4 is 5.73 Å². The highest BCUT2D eigenvalue weighted by Crippen LogP contribution is 2.45. The van der Waals surface area contributed by atoms with Gasteiger partial charge in [-0.15, -0.1) is 11.8 Å². The van der Waals surface area contributed by atoms with Gasteiger partial charge in [0, 0.05) is 36.0 Å². The van der Waals surface area contributed by atoms with Gasteiger partial charge in [-0.1, -0.05) is 28.1 Å². The molecular formula is C17H21BrN4OS. The van der Waals surface area contributed by atoms with E-state index in [1.54, 1.807) is 6.92 Å². The van der Waals surface area contributed by atoms with Crippen molar-refractivity contribution in [2.75, 3.05) is 19.3 Å². The van der Waals surface area contributed by atoms with Crippen molar-refractivity contribution in [3.8, 4) is 0 Å². The number of nitrogens with two attached hydrogens (primary N) is 1. The number of benzene rings is 1. The maximum absolute atomic E-state index is 11.6. The van der Waals surface area contributed by atoms with Crippen LogP contribution in [0.25, 0.3) is 0 Å². The van der Waals surface area contributed by atoms with Crippen LogP contribution in [-0.4, -0.2) is 41.0 Å². The molecule has 0 bridgehead atoms. The second-order valence-corrected chi connectivity index (χ2v) is 7.85. The third-order valence-corrected chi connectivity index (χ3v) is 5.91. The van der Waals surface area contributed by atoms with Crippen LogP contribution in [-0.2, 0) is 10.5 Å². The lowest BCUT2D eigenvalue weighted by atomic mass is 9.80. The van der Waals surface area contributed by atoms with Crippen LogP contribution >= 0.6 is 27.7 Å². The highest BCUT2D eigenvalue weighted by molar-refractivity contribution is 9.10. The summed E-state index contributed by atoms with van der Waals surface area (Å²) in [5.41, 5.74) is 6.52. The Morgan fingerprint density at radius 3 is 2.62 bits per heavy atom. The molecule has 1 aromatic rings. The Labute approximate surface area is 154 Å². The number of halogens is 1. The van der Waals surface area contributed by atoms with Crippen molar-refractivity contribution in [2.45, 2.75) is 25.4 Å². The van der Waals surface area contributed by atoms with Crippen molar-refractivity contribution >= 4 is 44.5 Å². The summed E-state index contributed by atoms with van der Waals surface area (Å²) in [6.45, 7) is 3.12. The molecule has 2 aliphatic heterocycles. The summed E-state index contributed by atoms with van der Waals surface area (Å²) in [6, 6.07) is 8.13.